The van der Waals surface area contributed by atoms with E-state index in [1.165, 1.54) is 6.42 Å². The lowest BCUT2D eigenvalue weighted by atomic mass is 9.91. The summed E-state index contributed by atoms with van der Waals surface area (Å²) in [5, 5.41) is 13.2. The zero-order valence-electron chi connectivity index (χ0n) is 14.2. The molecule has 4 rings (SSSR count). The number of benzene rings is 1. The van der Waals surface area contributed by atoms with Crippen LogP contribution in [0.5, 0.6) is 0 Å². The zero-order chi connectivity index (χ0) is 17.2. The summed E-state index contributed by atoms with van der Waals surface area (Å²) >= 11 is 1.60. The Balaban J connectivity index is 1.33. The van der Waals surface area contributed by atoms with E-state index in [9.17, 15) is 9.90 Å². The van der Waals surface area contributed by atoms with Crippen LogP contribution in [0.15, 0.2) is 23.7 Å². The van der Waals surface area contributed by atoms with E-state index in [0.29, 0.717) is 13.1 Å². The van der Waals surface area contributed by atoms with E-state index >= 15 is 0 Å². The summed E-state index contributed by atoms with van der Waals surface area (Å²) < 4.78 is 1.12. The number of piperazine rings is 1. The van der Waals surface area contributed by atoms with Gasteiger partial charge in [-0.05, 0) is 31.0 Å². The summed E-state index contributed by atoms with van der Waals surface area (Å²) in [4.78, 5) is 21.0. The highest BCUT2D eigenvalue weighted by Gasteiger charge is 2.31. The maximum absolute atomic E-state index is 12.5. The molecule has 25 heavy (non-hydrogen) atoms. The summed E-state index contributed by atoms with van der Waals surface area (Å²) in [5.41, 5.74) is 3.52. The molecule has 6 nitrogen and oxygen atoms in total. The van der Waals surface area contributed by atoms with Crippen molar-refractivity contribution < 1.29 is 9.90 Å². The monoisotopic (exact) mass is 360 g/mol. The second-order valence-electron chi connectivity index (χ2n) is 6.91. The first-order valence-corrected chi connectivity index (χ1v) is 9.90. The van der Waals surface area contributed by atoms with Crippen LogP contribution in [0.1, 0.15) is 25.7 Å². The number of hydrogen-bond acceptors (Lipinski definition) is 5. The van der Waals surface area contributed by atoms with Crippen LogP contribution in [0.2, 0.25) is 0 Å². The average molecular weight is 360 g/mol. The van der Waals surface area contributed by atoms with Gasteiger partial charge in [0.25, 0.3) is 0 Å². The number of aliphatic hydroxyl groups excluding tert-OH is 1. The van der Waals surface area contributed by atoms with Gasteiger partial charge in [0.15, 0.2) is 0 Å². The minimum absolute atomic E-state index is 0.0570. The van der Waals surface area contributed by atoms with E-state index in [-0.39, 0.29) is 18.2 Å². The Morgan fingerprint density at radius 3 is 2.80 bits per heavy atom. The highest BCUT2D eigenvalue weighted by Crippen LogP contribution is 2.25. The van der Waals surface area contributed by atoms with E-state index in [4.69, 9.17) is 0 Å². The molecule has 1 aromatic carbocycles. The van der Waals surface area contributed by atoms with Gasteiger partial charge in [-0.1, -0.05) is 12.8 Å². The van der Waals surface area contributed by atoms with Crippen molar-refractivity contribution in [3.63, 3.8) is 0 Å². The van der Waals surface area contributed by atoms with Gasteiger partial charge < -0.3 is 15.3 Å². The third-order valence-electron chi connectivity index (χ3n) is 5.35. The van der Waals surface area contributed by atoms with Crippen LogP contribution >= 0.6 is 11.3 Å². The number of hydrogen-bond donors (Lipinski definition) is 2. The number of aliphatic hydroxyl groups is 1. The summed E-state index contributed by atoms with van der Waals surface area (Å²) in [7, 11) is 0. The number of anilines is 1. The average Bonchev–Trinajstić information content (AvgIpc) is 3.10. The van der Waals surface area contributed by atoms with Crippen molar-refractivity contribution in [1.82, 2.24) is 14.8 Å². The number of nitrogens with zero attached hydrogens (tertiary/aromatic N) is 3. The maximum atomic E-state index is 12.5. The SMILES string of the molecule is O=C(Nc1ccc2scnc2c1)N1CCN([C@@H]2CCCC[C@H]2O)CC1. The van der Waals surface area contributed by atoms with Gasteiger partial charge in [-0.15, -0.1) is 11.3 Å². The predicted octanol–water partition coefficient (Wildman–Crippen LogP) is 2.75. The Hall–Kier alpha value is -1.70. The fraction of sp³-hybridized carbons (Fsp3) is 0.556. The van der Waals surface area contributed by atoms with Crippen LogP contribution in [0.4, 0.5) is 10.5 Å². The third kappa shape index (κ3) is 3.63. The van der Waals surface area contributed by atoms with Gasteiger partial charge in [0.05, 0.1) is 21.8 Å². The Morgan fingerprint density at radius 1 is 1.20 bits per heavy atom. The normalized spacial score (nSPS) is 25.2. The molecule has 2 atom stereocenters. The summed E-state index contributed by atoms with van der Waals surface area (Å²) in [6.45, 7) is 3.07. The van der Waals surface area contributed by atoms with Crippen molar-refractivity contribution in [1.29, 1.82) is 0 Å². The Labute approximate surface area is 151 Å². The Bertz CT molecular complexity index is 742. The van der Waals surface area contributed by atoms with E-state index in [1.54, 1.807) is 11.3 Å². The van der Waals surface area contributed by atoms with Crippen LogP contribution in [0, 0.1) is 0 Å². The van der Waals surface area contributed by atoms with E-state index in [1.807, 2.05) is 28.6 Å². The molecule has 2 aromatic rings. The van der Waals surface area contributed by atoms with Gasteiger partial charge in [-0.2, -0.15) is 0 Å². The number of urea groups is 1. The first-order chi connectivity index (χ1) is 12.2. The van der Waals surface area contributed by atoms with Gasteiger partial charge in [0.2, 0.25) is 0 Å². The number of fused-ring (bicyclic) bond motifs is 1. The number of nitrogens with one attached hydrogen (secondary N) is 1. The Kier molecular flexibility index (Phi) is 4.87. The standard InChI is InChI=1S/C18H24N4O2S/c23-16-4-2-1-3-15(16)21-7-9-22(10-8-21)18(24)20-13-5-6-17-14(11-13)19-12-25-17/h5-6,11-12,15-16,23H,1-4,7-10H2,(H,20,24)/t15-,16-/m1/s1. The number of carbonyl (C=O) groups excluding carboxylic acids is 1. The zero-order valence-corrected chi connectivity index (χ0v) is 15.0. The lowest BCUT2D eigenvalue weighted by Gasteiger charge is -2.42. The van der Waals surface area contributed by atoms with E-state index < -0.39 is 0 Å². The molecule has 2 amide bonds. The van der Waals surface area contributed by atoms with Gasteiger partial charge in [-0.3, -0.25) is 4.90 Å². The molecular formula is C18H24N4O2S. The van der Waals surface area contributed by atoms with Crippen LogP contribution < -0.4 is 5.32 Å². The molecule has 2 N–H and O–H groups in total. The van der Waals surface area contributed by atoms with E-state index in [0.717, 1.165) is 48.3 Å². The first kappa shape index (κ1) is 16.8. The van der Waals surface area contributed by atoms with Crippen molar-refractivity contribution in [2.24, 2.45) is 0 Å². The maximum Gasteiger partial charge on any atom is 0.321 e. The molecule has 2 fully saturated rings. The molecule has 0 radical (unpaired) electrons. The molecule has 7 heteroatoms. The molecule has 2 heterocycles. The molecule has 134 valence electrons. The van der Waals surface area contributed by atoms with Crippen molar-refractivity contribution in [2.75, 3.05) is 31.5 Å². The van der Waals surface area contributed by atoms with Crippen LogP contribution in [0.25, 0.3) is 10.2 Å². The van der Waals surface area contributed by atoms with Crippen molar-refractivity contribution in [2.45, 2.75) is 37.8 Å². The molecule has 1 saturated carbocycles. The quantitative estimate of drug-likeness (QED) is 0.864. The molecule has 1 aromatic heterocycles. The topological polar surface area (TPSA) is 68.7 Å². The predicted molar refractivity (Wildman–Crippen MR) is 100 cm³/mol. The Morgan fingerprint density at radius 2 is 2.00 bits per heavy atom. The summed E-state index contributed by atoms with van der Waals surface area (Å²) in [6.07, 6.45) is 4.09. The lowest BCUT2D eigenvalue weighted by molar-refractivity contribution is 0.00275. The second kappa shape index (κ2) is 7.27. The van der Waals surface area contributed by atoms with Gasteiger partial charge in [-0.25, -0.2) is 9.78 Å². The van der Waals surface area contributed by atoms with E-state index in [2.05, 4.69) is 15.2 Å². The molecule has 1 aliphatic carbocycles. The fourth-order valence-electron chi connectivity index (χ4n) is 3.91. The van der Waals surface area contributed by atoms with Crippen LogP contribution in [0.3, 0.4) is 0 Å². The third-order valence-corrected chi connectivity index (χ3v) is 6.16. The molecule has 1 saturated heterocycles. The number of carbonyl (C=O) groups is 1. The van der Waals surface area contributed by atoms with Gasteiger partial charge >= 0.3 is 6.03 Å². The van der Waals surface area contributed by atoms with Crippen molar-refractivity contribution in [3.05, 3.63) is 23.7 Å². The summed E-state index contributed by atoms with van der Waals surface area (Å²) in [5.74, 6) is 0. The van der Waals surface area contributed by atoms with Crippen molar-refractivity contribution in [3.8, 4) is 0 Å². The minimum Gasteiger partial charge on any atom is -0.391 e. The summed E-state index contributed by atoms with van der Waals surface area (Å²) in [6, 6.07) is 6.04. The molecule has 0 spiro atoms. The van der Waals surface area contributed by atoms with Crippen LogP contribution in [-0.2, 0) is 0 Å². The number of amides is 2. The van der Waals surface area contributed by atoms with Crippen LogP contribution in [-0.4, -0.2) is 64.2 Å². The highest BCUT2D eigenvalue weighted by molar-refractivity contribution is 7.16. The number of rotatable bonds is 2. The molecule has 0 bridgehead atoms. The molecule has 0 unspecified atom stereocenters. The fourth-order valence-corrected chi connectivity index (χ4v) is 4.57. The largest absolute Gasteiger partial charge is 0.391 e. The lowest BCUT2D eigenvalue weighted by Crippen LogP contribution is -2.56. The van der Waals surface area contributed by atoms with Gasteiger partial charge in [0.1, 0.15) is 0 Å². The smallest absolute Gasteiger partial charge is 0.321 e. The molecule has 1 aliphatic heterocycles. The highest BCUT2D eigenvalue weighted by atomic mass is 32.1. The minimum atomic E-state index is -0.209. The second-order valence-corrected chi connectivity index (χ2v) is 7.79. The number of aromatic nitrogens is 1. The molecular weight excluding hydrogens is 336 g/mol. The first-order valence-electron chi connectivity index (χ1n) is 9.02. The molecule has 2 aliphatic rings. The van der Waals surface area contributed by atoms with Crippen molar-refractivity contribution >= 4 is 33.3 Å². The van der Waals surface area contributed by atoms with Gasteiger partial charge in [0, 0.05) is 37.9 Å². The number of thiazole rings is 1.